The first-order chi connectivity index (χ1) is 9.40. The number of hydrogen-bond donors (Lipinski definition) is 1. The van der Waals surface area contributed by atoms with Crippen LogP contribution in [-0.4, -0.2) is 49.6 Å². The van der Waals surface area contributed by atoms with E-state index in [1.165, 1.54) is 0 Å². The Morgan fingerprint density at radius 1 is 1.30 bits per heavy atom. The molecule has 0 amide bonds. The Bertz CT molecular complexity index is 420. The number of nitrogens with zero attached hydrogens (tertiary/aromatic N) is 2. The molecule has 0 saturated carbocycles. The lowest BCUT2D eigenvalue weighted by Crippen LogP contribution is -2.44. The van der Waals surface area contributed by atoms with Gasteiger partial charge >= 0.3 is 0 Å². The quantitative estimate of drug-likeness (QED) is 0.833. The van der Waals surface area contributed by atoms with Gasteiger partial charge in [0.2, 0.25) is 0 Å². The minimum Gasteiger partial charge on any atom is -0.329 e. The Kier molecular flexibility index (Phi) is 6.59. The highest BCUT2D eigenvalue weighted by molar-refractivity contribution is 5.26. The van der Waals surface area contributed by atoms with E-state index in [1.807, 2.05) is 12.1 Å². The average molecular weight is 281 g/mol. The zero-order valence-electron chi connectivity index (χ0n) is 13.4. The zero-order chi connectivity index (χ0) is 15.3. The van der Waals surface area contributed by atoms with E-state index in [1.54, 1.807) is 13.0 Å². The SMILES string of the molecule is CCN(C(C)CN(C)C)C(CN)c1ccc(C)c(F)c1. The van der Waals surface area contributed by atoms with Crippen molar-refractivity contribution >= 4 is 0 Å². The van der Waals surface area contributed by atoms with Gasteiger partial charge < -0.3 is 10.6 Å². The molecule has 1 aromatic carbocycles. The van der Waals surface area contributed by atoms with E-state index >= 15 is 0 Å². The third-order valence-electron chi connectivity index (χ3n) is 3.76. The lowest BCUT2D eigenvalue weighted by Gasteiger charge is -2.36. The predicted molar refractivity (Wildman–Crippen MR) is 83.3 cm³/mol. The fraction of sp³-hybridized carbons (Fsp3) is 0.625. The zero-order valence-corrected chi connectivity index (χ0v) is 13.4. The summed E-state index contributed by atoms with van der Waals surface area (Å²) in [5.41, 5.74) is 7.60. The van der Waals surface area contributed by atoms with Crippen molar-refractivity contribution in [3.8, 4) is 0 Å². The van der Waals surface area contributed by atoms with Crippen molar-refractivity contribution in [3.63, 3.8) is 0 Å². The van der Waals surface area contributed by atoms with E-state index in [-0.39, 0.29) is 11.9 Å². The molecule has 0 aromatic heterocycles. The van der Waals surface area contributed by atoms with E-state index < -0.39 is 0 Å². The Morgan fingerprint density at radius 3 is 2.40 bits per heavy atom. The highest BCUT2D eigenvalue weighted by Crippen LogP contribution is 2.24. The van der Waals surface area contributed by atoms with Gasteiger partial charge in [-0.05, 0) is 51.7 Å². The molecule has 1 aromatic rings. The number of benzene rings is 1. The van der Waals surface area contributed by atoms with E-state index in [0.717, 1.165) is 18.7 Å². The van der Waals surface area contributed by atoms with Crippen molar-refractivity contribution in [1.29, 1.82) is 0 Å². The molecule has 20 heavy (non-hydrogen) atoms. The molecule has 0 fully saturated rings. The second kappa shape index (κ2) is 7.72. The Balaban J connectivity index is 2.98. The van der Waals surface area contributed by atoms with Crippen LogP contribution in [0, 0.1) is 12.7 Å². The molecule has 0 heterocycles. The van der Waals surface area contributed by atoms with Gasteiger partial charge in [-0.2, -0.15) is 0 Å². The molecular weight excluding hydrogens is 253 g/mol. The van der Waals surface area contributed by atoms with Crippen molar-refractivity contribution in [3.05, 3.63) is 35.1 Å². The van der Waals surface area contributed by atoms with Crippen LogP contribution < -0.4 is 5.73 Å². The number of rotatable bonds is 7. The van der Waals surface area contributed by atoms with E-state index in [9.17, 15) is 4.39 Å². The summed E-state index contributed by atoms with van der Waals surface area (Å²) in [6.07, 6.45) is 0. The summed E-state index contributed by atoms with van der Waals surface area (Å²) >= 11 is 0. The fourth-order valence-electron chi connectivity index (χ4n) is 2.75. The van der Waals surface area contributed by atoms with Crippen molar-refractivity contribution in [2.45, 2.75) is 32.9 Å². The van der Waals surface area contributed by atoms with Crippen LogP contribution in [-0.2, 0) is 0 Å². The molecule has 2 N–H and O–H groups in total. The summed E-state index contributed by atoms with van der Waals surface area (Å²) < 4.78 is 13.8. The summed E-state index contributed by atoms with van der Waals surface area (Å²) in [6, 6.07) is 5.87. The topological polar surface area (TPSA) is 32.5 Å². The van der Waals surface area contributed by atoms with Crippen LogP contribution in [0.15, 0.2) is 18.2 Å². The van der Waals surface area contributed by atoms with Crippen LogP contribution in [0.1, 0.15) is 31.0 Å². The molecule has 0 spiro atoms. The van der Waals surface area contributed by atoms with Crippen LogP contribution >= 0.6 is 0 Å². The maximum Gasteiger partial charge on any atom is 0.126 e. The van der Waals surface area contributed by atoms with Gasteiger partial charge in [0.15, 0.2) is 0 Å². The maximum absolute atomic E-state index is 13.8. The largest absolute Gasteiger partial charge is 0.329 e. The van der Waals surface area contributed by atoms with Crippen LogP contribution in [0.4, 0.5) is 4.39 Å². The molecule has 0 radical (unpaired) electrons. The maximum atomic E-state index is 13.8. The van der Waals surface area contributed by atoms with Gasteiger partial charge in [-0.1, -0.05) is 19.1 Å². The Hall–Kier alpha value is -0.970. The van der Waals surface area contributed by atoms with Crippen LogP contribution in [0.25, 0.3) is 0 Å². The molecule has 0 bridgehead atoms. The average Bonchev–Trinajstić information content (AvgIpc) is 2.38. The van der Waals surface area contributed by atoms with E-state index in [2.05, 4.69) is 37.7 Å². The molecule has 3 nitrogen and oxygen atoms in total. The van der Waals surface area contributed by atoms with Crippen LogP contribution in [0.2, 0.25) is 0 Å². The minimum absolute atomic E-state index is 0.0602. The second-order valence-electron chi connectivity index (χ2n) is 5.70. The molecule has 0 saturated heterocycles. The number of hydrogen-bond acceptors (Lipinski definition) is 3. The molecule has 4 heteroatoms. The first-order valence-electron chi connectivity index (χ1n) is 7.27. The lowest BCUT2D eigenvalue weighted by molar-refractivity contribution is 0.131. The first kappa shape index (κ1) is 17.1. The molecule has 1 rings (SSSR count). The van der Waals surface area contributed by atoms with Crippen molar-refractivity contribution in [1.82, 2.24) is 9.80 Å². The summed E-state index contributed by atoms with van der Waals surface area (Å²) in [5, 5.41) is 0. The molecule has 114 valence electrons. The number of aryl methyl sites for hydroxylation is 1. The van der Waals surface area contributed by atoms with Gasteiger partial charge in [-0.3, -0.25) is 4.90 Å². The fourth-order valence-corrected chi connectivity index (χ4v) is 2.75. The van der Waals surface area contributed by atoms with Crippen molar-refractivity contribution < 1.29 is 4.39 Å². The molecule has 0 aliphatic carbocycles. The van der Waals surface area contributed by atoms with E-state index in [4.69, 9.17) is 5.73 Å². The number of likely N-dealkylation sites (N-methyl/N-ethyl adjacent to an activating group) is 2. The summed E-state index contributed by atoms with van der Waals surface area (Å²) in [5.74, 6) is -0.155. The third-order valence-corrected chi connectivity index (χ3v) is 3.76. The summed E-state index contributed by atoms with van der Waals surface area (Å²) in [6.45, 7) is 8.44. The normalized spacial score (nSPS) is 14.8. The van der Waals surface area contributed by atoms with Gasteiger partial charge in [-0.15, -0.1) is 0 Å². The minimum atomic E-state index is -0.155. The highest BCUT2D eigenvalue weighted by atomic mass is 19.1. The molecule has 0 aliphatic heterocycles. The van der Waals surface area contributed by atoms with E-state index in [0.29, 0.717) is 18.2 Å². The van der Waals surface area contributed by atoms with Crippen LogP contribution in [0.3, 0.4) is 0 Å². The third kappa shape index (κ3) is 4.27. The monoisotopic (exact) mass is 281 g/mol. The second-order valence-corrected chi connectivity index (χ2v) is 5.70. The van der Waals surface area contributed by atoms with Crippen molar-refractivity contribution in [2.24, 2.45) is 5.73 Å². The van der Waals surface area contributed by atoms with Crippen LogP contribution in [0.5, 0.6) is 0 Å². The first-order valence-corrected chi connectivity index (χ1v) is 7.27. The smallest absolute Gasteiger partial charge is 0.126 e. The number of halogens is 1. The Morgan fingerprint density at radius 2 is 1.95 bits per heavy atom. The summed E-state index contributed by atoms with van der Waals surface area (Å²) in [4.78, 5) is 4.50. The van der Waals surface area contributed by atoms with Gasteiger partial charge in [0.25, 0.3) is 0 Å². The summed E-state index contributed by atoms with van der Waals surface area (Å²) in [7, 11) is 4.13. The molecule has 2 atom stereocenters. The Labute approximate surface area is 122 Å². The standard InChI is InChI=1S/C16H28FN3/c1-6-20(13(3)11-19(4)5)16(10-18)14-8-7-12(2)15(17)9-14/h7-9,13,16H,6,10-11,18H2,1-5H3. The highest BCUT2D eigenvalue weighted by Gasteiger charge is 2.23. The predicted octanol–water partition coefficient (Wildman–Crippen LogP) is 2.41. The molecule has 0 aliphatic rings. The van der Waals surface area contributed by atoms with Crippen molar-refractivity contribution in [2.75, 3.05) is 33.7 Å². The lowest BCUT2D eigenvalue weighted by atomic mass is 10.0. The number of nitrogens with two attached hydrogens (primary N) is 1. The molecular formula is C16H28FN3. The van der Waals surface area contributed by atoms with Gasteiger partial charge in [-0.25, -0.2) is 4.39 Å². The van der Waals surface area contributed by atoms with Gasteiger partial charge in [0, 0.05) is 25.2 Å². The van der Waals surface area contributed by atoms with Gasteiger partial charge in [0.05, 0.1) is 0 Å². The van der Waals surface area contributed by atoms with Gasteiger partial charge in [0.1, 0.15) is 5.82 Å². The molecule has 2 unspecified atom stereocenters.